The Labute approximate surface area is 242 Å². The summed E-state index contributed by atoms with van der Waals surface area (Å²) in [5, 5.41) is 2.95. The minimum Gasteiger partial charge on any atom is -0.486 e. The van der Waals surface area contributed by atoms with E-state index in [2.05, 4.69) is 5.32 Å². The lowest BCUT2D eigenvalue weighted by Crippen LogP contribution is -2.54. The summed E-state index contributed by atoms with van der Waals surface area (Å²) in [7, 11) is -3.88. The van der Waals surface area contributed by atoms with Crippen LogP contribution in [0.5, 0.6) is 11.5 Å². The molecule has 1 heterocycles. The first-order valence-electron chi connectivity index (χ1n) is 13.8. The third-order valence-corrected chi connectivity index (χ3v) is 8.43. The van der Waals surface area contributed by atoms with Gasteiger partial charge in [-0.3, -0.25) is 13.9 Å². The smallest absolute Gasteiger partial charge is 0.244 e. The van der Waals surface area contributed by atoms with Gasteiger partial charge >= 0.3 is 0 Å². The van der Waals surface area contributed by atoms with Crippen LogP contribution in [0.2, 0.25) is 0 Å². The molecule has 4 rings (SSSR count). The number of anilines is 1. The lowest BCUT2D eigenvalue weighted by Gasteiger charge is -2.34. The number of sulfonamides is 1. The Hall–Kier alpha value is -4.05. The molecule has 0 aliphatic carbocycles. The van der Waals surface area contributed by atoms with Crippen LogP contribution in [-0.4, -0.2) is 62.7 Å². The molecule has 3 aromatic carbocycles. The monoisotopic (exact) mass is 579 g/mol. The van der Waals surface area contributed by atoms with Gasteiger partial charge in [0, 0.05) is 25.1 Å². The first-order chi connectivity index (χ1) is 19.7. The van der Waals surface area contributed by atoms with Crippen molar-refractivity contribution in [2.45, 2.75) is 45.8 Å². The molecule has 1 N–H and O–H groups in total. The first-order valence-corrected chi connectivity index (χ1v) is 15.4. The molecule has 0 spiro atoms. The molecule has 1 aliphatic rings. The minimum atomic E-state index is -3.88. The Bertz CT molecular complexity index is 1430. The molecule has 0 saturated heterocycles. The second-order valence-electron chi connectivity index (χ2n) is 10.1. The maximum absolute atomic E-state index is 14.2. The summed E-state index contributed by atoms with van der Waals surface area (Å²) in [5.41, 5.74) is 1.99. The quantitative estimate of drug-likeness (QED) is 0.350. The largest absolute Gasteiger partial charge is 0.486 e. The summed E-state index contributed by atoms with van der Waals surface area (Å²) in [6.45, 7) is 5.63. The van der Waals surface area contributed by atoms with E-state index in [1.807, 2.05) is 74.5 Å². The topological polar surface area (TPSA) is 105 Å². The number of fused-ring (bicyclic) bond motifs is 1. The predicted molar refractivity (Wildman–Crippen MR) is 158 cm³/mol. The van der Waals surface area contributed by atoms with Gasteiger partial charge in [-0.15, -0.1) is 0 Å². The van der Waals surface area contributed by atoms with Crippen molar-refractivity contribution in [3.05, 3.63) is 90.0 Å². The number of rotatable bonds is 12. The molecular formula is C31H37N3O6S. The zero-order chi connectivity index (χ0) is 29.4. The van der Waals surface area contributed by atoms with Crippen molar-refractivity contribution in [1.29, 1.82) is 0 Å². The van der Waals surface area contributed by atoms with Crippen LogP contribution in [-0.2, 0) is 32.6 Å². The van der Waals surface area contributed by atoms with E-state index in [1.54, 1.807) is 18.2 Å². The van der Waals surface area contributed by atoms with E-state index in [4.69, 9.17) is 9.47 Å². The summed E-state index contributed by atoms with van der Waals surface area (Å²) < 4.78 is 39.0. The van der Waals surface area contributed by atoms with E-state index in [0.29, 0.717) is 24.7 Å². The number of hydrogen-bond donors (Lipinski definition) is 1. The summed E-state index contributed by atoms with van der Waals surface area (Å²) in [6, 6.07) is 22.6. The minimum absolute atomic E-state index is 0.129. The third-order valence-electron chi connectivity index (χ3n) is 6.69. The zero-order valence-electron chi connectivity index (χ0n) is 23.7. The Balaban J connectivity index is 1.73. The molecule has 10 heteroatoms. The standard InChI is InChI=1S/C31H37N3O6S/c1-4-41(37,38)34(26-15-16-28-29(20-26)40-18-17-39-28)22-30(35)33(21-25-13-9-6-10-14-25)27(31(36)32-23(2)3)19-24-11-7-5-8-12-24/h5-16,20,23,27H,4,17-19,21-22H2,1-3H3,(H,32,36)/t27-/m1/s1. The molecule has 218 valence electrons. The van der Waals surface area contributed by atoms with Crippen LogP contribution in [0.4, 0.5) is 5.69 Å². The molecule has 2 amide bonds. The number of amides is 2. The van der Waals surface area contributed by atoms with Gasteiger partial charge in [-0.2, -0.15) is 0 Å². The van der Waals surface area contributed by atoms with Gasteiger partial charge in [0.1, 0.15) is 25.8 Å². The van der Waals surface area contributed by atoms with Crippen molar-refractivity contribution in [2.75, 3.05) is 29.8 Å². The van der Waals surface area contributed by atoms with Gasteiger partial charge in [-0.25, -0.2) is 8.42 Å². The molecule has 1 aliphatic heterocycles. The number of benzene rings is 3. The van der Waals surface area contributed by atoms with Crippen molar-refractivity contribution in [2.24, 2.45) is 0 Å². The third kappa shape index (κ3) is 7.79. The van der Waals surface area contributed by atoms with E-state index in [1.165, 1.54) is 11.8 Å². The van der Waals surface area contributed by atoms with E-state index in [-0.39, 0.29) is 36.4 Å². The highest BCUT2D eigenvalue weighted by Gasteiger charge is 2.34. The molecule has 0 bridgehead atoms. The van der Waals surface area contributed by atoms with Crippen LogP contribution >= 0.6 is 0 Å². The molecule has 0 saturated carbocycles. The molecule has 3 aromatic rings. The average molecular weight is 580 g/mol. The number of carbonyl (C=O) groups is 2. The number of hydrogen-bond acceptors (Lipinski definition) is 6. The van der Waals surface area contributed by atoms with E-state index >= 15 is 0 Å². The van der Waals surface area contributed by atoms with Crippen molar-refractivity contribution in [3.63, 3.8) is 0 Å². The van der Waals surface area contributed by atoms with Gasteiger partial charge in [0.05, 0.1) is 11.4 Å². The van der Waals surface area contributed by atoms with Crippen LogP contribution in [0.25, 0.3) is 0 Å². The molecule has 41 heavy (non-hydrogen) atoms. The summed E-state index contributed by atoms with van der Waals surface area (Å²) in [5.74, 6) is -0.0941. The van der Waals surface area contributed by atoms with Crippen LogP contribution < -0.4 is 19.1 Å². The second kappa shape index (κ2) is 13.5. The fraction of sp³-hybridized carbons (Fsp3) is 0.355. The summed E-state index contributed by atoms with van der Waals surface area (Å²) in [6.07, 6.45) is 0.266. The van der Waals surface area contributed by atoms with E-state index < -0.39 is 28.5 Å². The second-order valence-corrected chi connectivity index (χ2v) is 12.3. The Morgan fingerprint density at radius 2 is 1.49 bits per heavy atom. The average Bonchev–Trinajstić information content (AvgIpc) is 2.98. The van der Waals surface area contributed by atoms with Crippen LogP contribution in [0.15, 0.2) is 78.9 Å². The van der Waals surface area contributed by atoms with Gasteiger partial charge < -0.3 is 19.7 Å². The van der Waals surface area contributed by atoms with Gasteiger partial charge in [0.25, 0.3) is 0 Å². The zero-order valence-corrected chi connectivity index (χ0v) is 24.5. The van der Waals surface area contributed by atoms with Gasteiger partial charge in [-0.05, 0) is 44.0 Å². The predicted octanol–water partition coefficient (Wildman–Crippen LogP) is 3.78. The summed E-state index contributed by atoms with van der Waals surface area (Å²) >= 11 is 0. The number of nitrogens with zero attached hydrogens (tertiary/aromatic N) is 2. The molecule has 1 atom stereocenters. The molecule has 0 aromatic heterocycles. The molecule has 0 radical (unpaired) electrons. The fourth-order valence-corrected chi connectivity index (χ4v) is 5.68. The van der Waals surface area contributed by atoms with E-state index in [0.717, 1.165) is 15.4 Å². The maximum Gasteiger partial charge on any atom is 0.244 e. The highest BCUT2D eigenvalue weighted by atomic mass is 32.2. The lowest BCUT2D eigenvalue weighted by molar-refractivity contribution is -0.140. The van der Waals surface area contributed by atoms with Gasteiger partial charge in [0.2, 0.25) is 21.8 Å². The van der Waals surface area contributed by atoms with Crippen LogP contribution in [0.3, 0.4) is 0 Å². The number of ether oxygens (including phenoxy) is 2. The van der Waals surface area contributed by atoms with Crippen molar-refractivity contribution >= 4 is 27.5 Å². The number of nitrogens with one attached hydrogen (secondary N) is 1. The first kappa shape index (κ1) is 29.9. The molecule has 0 unspecified atom stereocenters. The Kier molecular flexibility index (Phi) is 9.88. The highest BCUT2D eigenvalue weighted by molar-refractivity contribution is 7.92. The van der Waals surface area contributed by atoms with E-state index in [9.17, 15) is 18.0 Å². The number of carbonyl (C=O) groups excluding carboxylic acids is 2. The lowest BCUT2D eigenvalue weighted by atomic mass is 10.0. The van der Waals surface area contributed by atoms with Gasteiger partial charge in [-0.1, -0.05) is 60.7 Å². The normalized spacial score (nSPS) is 13.4. The Morgan fingerprint density at radius 3 is 2.10 bits per heavy atom. The summed E-state index contributed by atoms with van der Waals surface area (Å²) in [4.78, 5) is 29.3. The molecule has 0 fully saturated rings. The molecular weight excluding hydrogens is 542 g/mol. The highest BCUT2D eigenvalue weighted by Crippen LogP contribution is 2.35. The Morgan fingerprint density at radius 1 is 0.878 bits per heavy atom. The van der Waals surface area contributed by atoms with Crippen molar-refractivity contribution < 1.29 is 27.5 Å². The van der Waals surface area contributed by atoms with Gasteiger partial charge in [0.15, 0.2) is 11.5 Å². The van der Waals surface area contributed by atoms with Crippen LogP contribution in [0.1, 0.15) is 31.9 Å². The SMILES string of the molecule is CCS(=O)(=O)N(CC(=O)N(Cc1ccccc1)[C@H](Cc1ccccc1)C(=O)NC(C)C)c1ccc2c(c1)OCCO2. The fourth-order valence-electron chi connectivity index (χ4n) is 4.62. The maximum atomic E-state index is 14.2. The van der Waals surface area contributed by atoms with Crippen molar-refractivity contribution in [1.82, 2.24) is 10.2 Å². The van der Waals surface area contributed by atoms with Crippen LogP contribution in [0, 0.1) is 0 Å². The van der Waals surface area contributed by atoms with Crippen molar-refractivity contribution in [3.8, 4) is 11.5 Å². The molecule has 9 nitrogen and oxygen atoms in total.